The van der Waals surface area contributed by atoms with E-state index in [4.69, 9.17) is 16.3 Å². The van der Waals surface area contributed by atoms with Crippen molar-refractivity contribution in [1.82, 2.24) is 0 Å². The number of alkyl halides is 1. The van der Waals surface area contributed by atoms with Crippen LogP contribution in [0.5, 0.6) is 5.75 Å². The van der Waals surface area contributed by atoms with E-state index in [9.17, 15) is 9.18 Å². The van der Waals surface area contributed by atoms with Gasteiger partial charge in [0.15, 0.2) is 4.87 Å². The van der Waals surface area contributed by atoms with Gasteiger partial charge in [0.2, 0.25) is 0 Å². The Morgan fingerprint density at radius 3 is 2.71 bits per heavy atom. The first kappa shape index (κ1) is 13.9. The maximum atomic E-state index is 13.6. The van der Waals surface area contributed by atoms with E-state index < -0.39 is 10.7 Å². The van der Waals surface area contributed by atoms with E-state index >= 15 is 0 Å². The van der Waals surface area contributed by atoms with Crippen LogP contribution in [-0.4, -0.2) is 20.1 Å². The smallest absolute Gasteiger partial charge is 0.257 e. The van der Waals surface area contributed by atoms with Crippen molar-refractivity contribution in [2.45, 2.75) is 4.87 Å². The summed E-state index contributed by atoms with van der Waals surface area (Å²) in [6, 6.07) is 11.1. The van der Waals surface area contributed by atoms with E-state index in [0.717, 1.165) is 0 Å². The number of likely N-dealkylation sites (N-methyl/N-ethyl adjacent to an activating group) is 1. The van der Waals surface area contributed by atoms with Crippen molar-refractivity contribution < 1.29 is 13.9 Å². The fourth-order valence-electron chi connectivity index (χ4n) is 2.65. The lowest BCUT2D eigenvalue weighted by molar-refractivity contribution is -0.119. The molecule has 21 heavy (non-hydrogen) atoms. The van der Waals surface area contributed by atoms with E-state index in [1.165, 1.54) is 24.1 Å². The van der Waals surface area contributed by atoms with Gasteiger partial charge in [-0.2, -0.15) is 0 Å². The molecule has 1 aliphatic heterocycles. The van der Waals surface area contributed by atoms with Gasteiger partial charge in [0.25, 0.3) is 5.91 Å². The Morgan fingerprint density at radius 2 is 2.00 bits per heavy atom. The Balaban J connectivity index is 2.25. The maximum absolute atomic E-state index is 13.6. The highest BCUT2D eigenvalue weighted by molar-refractivity contribution is 6.41. The van der Waals surface area contributed by atoms with E-state index in [1.54, 1.807) is 37.4 Å². The molecule has 0 saturated carbocycles. The number of benzene rings is 2. The zero-order valence-electron chi connectivity index (χ0n) is 11.6. The first-order chi connectivity index (χ1) is 9.98. The predicted octanol–water partition coefficient (Wildman–Crippen LogP) is 3.29. The van der Waals surface area contributed by atoms with Gasteiger partial charge >= 0.3 is 0 Å². The van der Waals surface area contributed by atoms with Crippen molar-refractivity contribution in [3.63, 3.8) is 0 Å². The molecular formula is C16H13ClFNO2. The van der Waals surface area contributed by atoms with E-state index in [2.05, 4.69) is 0 Å². The maximum Gasteiger partial charge on any atom is 0.257 e. The number of halogens is 2. The Morgan fingerprint density at radius 1 is 1.24 bits per heavy atom. The van der Waals surface area contributed by atoms with Gasteiger partial charge < -0.3 is 9.64 Å². The summed E-state index contributed by atoms with van der Waals surface area (Å²) in [5, 5.41) is 0. The number of carbonyl (C=O) groups is 1. The molecule has 5 heteroatoms. The minimum absolute atomic E-state index is 0.307. The number of amides is 1. The highest BCUT2D eigenvalue weighted by atomic mass is 35.5. The van der Waals surface area contributed by atoms with Crippen molar-refractivity contribution in [2.75, 3.05) is 19.1 Å². The molecule has 0 spiro atoms. The lowest BCUT2D eigenvalue weighted by Gasteiger charge is -2.21. The number of hydrogen-bond acceptors (Lipinski definition) is 2. The van der Waals surface area contributed by atoms with Gasteiger partial charge in [-0.3, -0.25) is 4.79 Å². The van der Waals surface area contributed by atoms with Crippen LogP contribution in [0.25, 0.3) is 0 Å². The average molecular weight is 306 g/mol. The third-order valence-electron chi connectivity index (χ3n) is 3.76. The minimum Gasteiger partial charge on any atom is -0.497 e. The fraction of sp³-hybridized carbons (Fsp3) is 0.188. The molecule has 0 N–H and O–H groups in total. The van der Waals surface area contributed by atoms with Gasteiger partial charge in [-0.1, -0.05) is 23.7 Å². The van der Waals surface area contributed by atoms with Gasteiger partial charge in [-0.25, -0.2) is 4.39 Å². The van der Waals surface area contributed by atoms with Gasteiger partial charge in [-0.05, 0) is 35.9 Å². The molecule has 2 aromatic carbocycles. The van der Waals surface area contributed by atoms with Gasteiger partial charge in [0.05, 0.1) is 7.11 Å². The molecule has 3 nitrogen and oxygen atoms in total. The molecule has 1 aliphatic rings. The molecule has 1 heterocycles. The van der Waals surface area contributed by atoms with E-state index in [-0.39, 0.29) is 5.91 Å². The molecular weight excluding hydrogens is 293 g/mol. The number of hydrogen-bond donors (Lipinski definition) is 0. The van der Waals surface area contributed by atoms with Crippen LogP contribution in [-0.2, 0) is 9.67 Å². The molecule has 0 saturated heterocycles. The summed E-state index contributed by atoms with van der Waals surface area (Å²) in [6.07, 6.45) is 0. The van der Waals surface area contributed by atoms with Crippen LogP contribution in [0, 0.1) is 5.82 Å². The number of methoxy groups -OCH3 is 1. The second-order valence-electron chi connectivity index (χ2n) is 4.92. The highest BCUT2D eigenvalue weighted by Crippen LogP contribution is 2.49. The van der Waals surface area contributed by atoms with Gasteiger partial charge in [0.1, 0.15) is 11.6 Å². The van der Waals surface area contributed by atoms with Crippen LogP contribution in [0.1, 0.15) is 11.1 Å². The lowest BCUT2D eigenvalue weighted by Crippen LogP contribution is -2.35. The molecule has 0 bridgehead atoms. The van der Waals surface area contributed by atoms with Crippen molar-refractivity contribution >= 4 is 23.2 Å². The number of nitrogens with zero attached hydrogens (tertiary/aromatic N) is 1. The number of fused-ring (bicyclic) bond motifs is 1. The molecule has 1 unspecified atom stereocenters. The van der Waals surface area contributed by atoms with Gasteiger partial charge in [0, 0.05) is 18.3 Å². The largest absolute Gasteiger partial charge is 0.497 e. The first-order valence-electron chi connectivity index (χ1n) is 6.40. The predicted molar refractivity (Wildman–Crippen MR) is 79.4 cm³/mol. The second kappa shape index (κ2) is 4.74. The minimum atomic E-state index is -1.43. The molecule has 1 atom stereocenters. The SMILES string of the molecule is COc1cccc(C2(Cl)C(=O)N(C)c3ccc(F)cc32)c1. The van der Waals surface area contributed by atoms with Crippen LogP contribution >= 0.6 is 11.6 Å². The molecule has 1 amide bonds. The van der Waals surface area contributed by atoms with Crippen LogP contribution in [0.4, 0.5) is 10.1 Å². The average Bonchev–Trinajstić information content (AvgIpc) is 2.70. The molecule has 0 aliphatic carbocycles. The van der Waals surface area contributed by atoms with Gasteiger partial charge in [-0.15, -0.1) is 0 Å². The number of ether oxygens (including phenoxy) is 1. The normalized spacial score (nSPS) is 20.6. The van der Waals surface area contributed by atoms with Crippen LogP contribution in [0.3, 0.4) is 0 Å². The Kier molecular flexibility index (Phi) is 3.14. The summed E-state index contributed by atoms with van der Waals surface area (Å²) in [6.45, 7) is 0. The summed E-state index contributed by atoms with van der Waals surface area (Å²) < 4.78 is 18.8. The molecule has 0 aromatic heterocycles. The number of anilines is 1. The Hall–Kier alpha value is -2.07. The van der Waals surface area contributed by atoms with Crippen molar-refractivity contribution in [3.8, 4) is 5.75 Å². The standard InChI is InChI=1S/C16H13ClFNO2/c1-19-14-7-6-11(18)9-13(14)16(17,15(19)20)10-4-3-5-12(8-10)21-2/h3-9H,1-2H3. The molecule has 108 valence electrons. The van der Waals surface area contributed by atoms with E-state index in [0.29, 0.717) is 22.6 Å². The summed E-state index contributed by atoms with van der Waals surface area (Å²) in [5.41, 5.74) is 1.62. The molecule has 0 radical (unpaired) electrons. The van der Waals surface area contributed by atoms with Crippen LogP contribution in [0.2, 0.25) is 0 Å². The number of rotatable bonds is 2. The monoisotopic (exact) mass is 305 g/mol. The van der Waals surface area contributed by atoms with E-state index in [1.807, 2.05) is 0 Å². The van der Waals surface area contributed by atoms with Crippen molar-refractivity contribution in [2.24, 2.45) is 0 Å². The zero-order valence-corrected chi connectivity index (χ0v) is 12.3. The fourth-order valence-corrected chi connectivity index (χ4v) is 3.04. The third kappa shape index (κ3) is 1.90. The first-order valence-corrected chi connectivity index (χ1v) is 6.78. The zero-order chi connectivity index (χ0) is 15.2. The Labute approximate surface area is 126 Å². The highest BCUT2D eigenvalue weighted by Gasteiger charge is 2.50. The van der Waals surface area contributed by atoms with Crippen molar-refractivity contribution in [3.05, 3.63) is 59.4 Å². The summed E-state index contributed by atoms with van der Waals surface area (Å²) >= 11 is 6.66. The van der Waals surface area contributed by atoms with Crippen molar-refractivity contribution in [1.29, 1.82) is 0 Å². The lowest BCUT2D eigenvalue weighted by atomic mass is 9.91. The summed E-state index contributed by atoms with van der Waals surface area (Å²) in [7, 11) is 3.17. The number of carbonyl (C=O) groups excluding carboxylic acids is 1. The summed E-state index contributed by atoms with van der Waals surface area (Å²) in [4.78, 5) is 12.6. The molecule has 0 fully saturated rings. The third-order valence-corrected chi connectivity index (χ3v) is 4.34. The summed E-state index contributed by atoms with van der Waals surface area (Å²) in [5.74, 6) is -0.143. The second-order valence-corrected chi connectivity index (χ2v) is 5.48. The quantitative estimate of drug-likeness (QED) is 0.797. The molecule has 2 aromatic rings. The molecule has 3 rings (SSSR count). The van der Waals surface area contributed by atoms with Crippen LogP contribution in [0.15, 0.2) is 42.5 Å². The Bertz CT molecular complexity index is 734. The van der Waals surface area contributed by atoms with Crippen LogP contribution < -0.4 is 9.64 Å². The topological polar surface area (TPSA) is 29.5 Å².